The molecule has 14 heteroatoms. The lowest BCUT2D eigenvalue weighted by molar-refractivity contribution is -0.265. The Bertz CT molecular complexity index is 1760. The Morgan fingerprint density at radius 1 is 0.877 bits per heavy atom. The average Bonchev–Trinajstić information content (AvgIpc) is 3.28. The average molecular weight is 914 g/mol. The third-order valence-corrected chi connectivity index (χ3v) is 14.6. The Kier molecular flexibility index (Phi) is 21.0. The SMILES string of the molecule is CO[C@H]1C[C@@H]2CC[C@@H](C)[C@@](O)(O2)C(=O)C(=O)N2CCCC[C@H]2C(=O)O[C@H]([C@@H](C)CC2CC[C@@H](O)[C@H](CO)C2)CC(=O)[C@H](C)/C=C(\C)[C@@H](O)[C@@H](OC)C(=O)[C@H](C)C[C@H](C)/C=C/C=C/C=C/1C. The number of ether oxygens (including phenoxy) is 4. The highest BCUT2D eigenvalue weighted by Crippen LogP contribution is 2.38. The van der Waals surface area contributed by atoms with Gasteiger partial charge in [0.05, 0.1) is 18.3 Å². The molecular weight excluding hydrogens is 835 g/mol. The summed E-state index contributed by atoms with van der Waals surface area (Å²) in [5.74, 6) is -8.40. The lowest BCUT2D eigenvalue weighted by Gasteiger charge is -2.42. The number of carbonyl (C=O) groups is 5. The highest BCUT2D eigenvalue weighted by atomic mass is 16.6. The molecule has 3 heterocycles. The maximum absolute atomic E-state index is 14.3. The Hall–Kier alpha value is -3.37. The molecular formula is C51H79NO13. The van der Waals surface area contributed by atoms with Crippen LogP contribution in [0.5, 0.6) is 0 Å². The second kappa shape index (κ2) is 25.1. The van der Waals surface area contributed by atoms with E-state index in [0.717, 1.165) is 5.57 Å². The maximum Gasteiger partial charge on any atom is 0.329 e. The minimum absolute atomic E-state index is 0.0144. The number of methoxy groups -OCH3 is 2. The van der Waals surface area contributed by atoms with E-state index in [-0.39, 0.29) is 61.2 Å². The monoisotopic (exact) mass is 914 g/mol. The van der Waals surface area contributed by atoms with E-state index >= 15 is 0 Å². The van der Waals surface area contributed by atoms with Crippen molar-refractivity contribution in [1.82, 2.24) is 4.90 Å². The van der Waals surface area contributed by atoms with Gasteiger partial charge in [0, 0.05) is 63.9 Å². The van der Waals surface area contributed by atoms with E-state index in [9.17, 15) is 44.4 Å². The number of hydrogen-bond donors (Lipinski definition) is 4. The summed E-state index contributed by atoms with van der Waals surface area (Å²) < 4.78 is 23.8. The number of aliphatic hydroxyl groups excluding tert-OH is 3. The summed E-state index contributed by atoms with van der Waals surface area (Å²) in [5, 5.41) is 43.7. The number of cyclic esters (lactones) is 1. The number of allylic oxidation sites excluding steroid dienone is 6. The molecule has 4 N–H and O–H groups in total. The van der Waals surface area contributed by atoms with Crippen LogP contribution in [0.1, 0.15) is 126 Å². The van der Waals surface area contributed by atoms with Gasteiger partial charge in [0.25, 0.3) is 11.7 Å². The van der Waals surface area contributed by atoms with Crippen LogP contribution in [0.4, 0.5) is 0 Å². The van der Waals surface area contributed by atoms with Crippen LogP contribution in [0.25, 0.3) is 0 Å². The van der Waals surface area contributed by atoms with Gasteiger partial charge in [-0.2, -0.15) is 0 Å². The molecule has 0 spiro atoms. The molecule has 366 valence electrons. The van der Waals surface area contributed by atoms with Crippen molar-refractivity contribution >= 4 is 29.2 Å². The predicted molar refractivity (Wildman–Crippen MR) is 245 cm³/mol. The van der Waals surface area contributed by atoms with Gasteiger partial charge in [0.15, 0.2) is 5.78 Å². The maximum atomic E-state index is 14.3. The first-order valence-electron chi connectivity index (χ1n) is 24.0. The van der Waals surface area contributed by atoms with Gasteiger partial charge in [-0.1, -0.05) is 71.1 Å². The van der Waals surface area contributed by atoms with Crippen LogP contribution in [0.3, 0.4) is 0 Å². The first-order valence-corrected chi connectivity index (χ1v) is 24.0. The number of fused-ring (bicyclic) bond motifs is 3. The number of nitrogens with zero attached hydrogens (tertiary/aromatic N) is 1. The van der Waals surface area contributed by atoms with Crippen molar-refractivity contribution in [2.45, 2.75) is 174 Å². The fourth-order valence-corrected chi connectivity index (χ4v) is 10.2. The Labute approximate surface area is 386 Å². The van der Waals surface area contributed by atoms with E-state index in [1.165, 1.54) is 12.0 Å². The van der Waals surface area contributed by atoms with Gasteiger partial charge >= 0.3 is 5.97 Å². The molecule has 0 aromatic carbocycles. The van der Waals surface area contributed by atoms with E-state index < -0.39 is 83.9 Å². The first kappa shape index (κ1) is 54.2. The molecule has 3 fully saturated rings. The molecule has 2 bridgehead atoms. The predicted octanol–water partition coefficient (Wildman–Crippen LogP) is 5.77. The van der Waals surface area contributed by atoms with E-state index in [1.807, 2.05) is 58.1 Å². The number of piperidine rings is 1. The van der Waals surface area contributed by atoms with Gasteiger partial charge in [0.2, 0.25) is 5.79 Å². The van der Waals surface area contributed by atoms with Crippen molar-refractivity contribution in [2.75, 3.05) is 27.4 Å². The largest absolute Gasteiger partial charge is 0.460 e. The Balaban J connectivity index is 1.70. The fourth-order valence-electron chi connectivity index (χ4n) is 10.2. The third-order valence-electron chi connectivity index (χ3n) is 14.6. The zero-order valence-electron chi connectivity index (χ0n) is 40.4. The van der Waals surface area contributed by atoms with Crippen molar-refractivity contribution < 1.29 is 63.3 Å². The number of amides is 1. The van der Waals surface area contributed by atoms with Crippen molar-refractivity contribution in [2.24, 2.45) is 41.4 Å². The van der Waals surface area contributed by atoms with Gasteiger partial charge in [-0.3, -0.25) is 19.2 Å². The molecule has 65 heavy (non-hydrogen) atoms. The normalized spacial score (nSPS) is 40.4. The highest BCUT2D eigenvalue weighted by Gasteiger charge is 2.53. The minimum Gasteiger partial charge on any atom is -0.460 e. The Morgan fingerprint density at radius 2 is 1.60 bits per heavy atom. The summed E-state index contributed by atoms with van der Waals surface area (Å²) in [4.78, 5) is 71.7. The fraction of sp³-hybridized carbons (Fsp3) is 0.745. The van der Waals surface area contributed by atoms with Crippen molar-refractivity contribution in [3.63, 3.8) is 0 Å². The number of hydrogen-bond acceptors (Lipinski definition) is 13. The molecule has 1 unspecified atom stereocenters. The first-order chi connectivity index (χ1) is 30.7. The summed E-state index contributed by atoms with van der Waals surface area (Å²) in [6.07, 6.45) is 11.2. The number of ketones is 3. The molecule has 15 atom stereocenters. The highest BCUT2D eigenvalue weighted by molar-refractivity contribution is 6.39. The minimum atomic E-state index is -2.44. The van der Waals surface area contributed by atoms with Crippen LogP contribution in [0.15, 0.2) is 47.6 Å². The summed E-state index contributed by atoms with van der Waals surface area (Å²) >= 11 is 0. The molecule has 2 saturated heterocycles. The molecule has 1 aliphatic carbocycles. The number of Topliss-reactive ketones (excluding diaryl/α,β-unsaturated/α-hetero) is 3. The van der Waals surface area contributed by atoms with Gasteiger partial charge < -0.3 is 44.3 Å². The Morgan fingerprint density at radius 3 is 2.28 bits per heavy atom. The molecule has 0 aromatic heterocycles. The van der Waals surface area contributed by atoms with Crippen molar-refractivity contribution in [3.8, 4) is 0 Å². The second-order valence-electron chi connectivity index (χ2n) is 19.8. The van der Waals surface area contributed by atoms with E-state index in [2.05, 4.69) is 0 Å². The van der Waals surface area contributed by atoms with Crippen LogP contribution in [-0.2, 0) is 42.9 Å². The number of rotatable bonds is 6. The van der Waals surface area contributed by atoms with Gasteiger partial charge in [0.1, 0.15) is 30.1 Å². The molecule has 0 radical (unpaired) electrons. The zero-order valence-corrected chi connectivity index (χ0v) is 40.4. The van der Waals surface area contributed by atoms with Gasteiger partial charge in [-0.15, -0.1) is 0 Å². The molecule has 1 saturated carbocycles. The number of carbonyl (C=O) groups excluding carboxylic acids is 5. The lowest BCUT2D eigenvalue weighted by atomic mass is 9.75. The molecule has 14 nitrogen and oxygen atoms in total. The zero-order chi connectivity index (χ0) is 48.2. The van der Waals surface area contributed by atoms with E-state index in [4.69, 9.17) is 18.9 Å². The molecule has 1 amide bonds. The van der Waals surface area contributed by atoms with Crippen molar-refractivity contribution in [1.29, 1.82) is 0 Å². The molecule has 4 aliphatic rings. The summed E-state index contributed by atoms with van der Waals surface area (Å²) in [6.45, 7) is 12.5. The number of esters is 1. The van der Waals surface area contributed by atoms with Crippen LogP contribution in [-0.4, -0.2) is 130 Å². The van der Waals surface area contributed by atoms with E-state index in [0.29, 0.717) is 69.8 Å². The van der Waals surface area contributed by atoms with Crippen LogP contribution in [0, 0.1) is 41.4 Å². The topological polar surface area (TPSA) is 206 Å². The smallest absolute Gasteiger partial charge is 0.329 e. The standard InChI is InChI=1S/C51H79NO13/c1-30-15-11-10-12-16-31(2)43(62-8)27-39-20-18-36(7)51(61,65-39)48(58)49(59)52-22-14-13-17-40(52)50(60)64-44(33(4)25-37-19-21-41(54)38(26-37)29-53)28-42(55)32(3)24-35(6)46(57)47(63-9)45(56)34(5)23-30/h10-12,15-16,24,30,32-34,36-41,43-44,46-47,53-54,57,61H,13-14,17-23,25-29H2,1-9H3/b12-10+,15-11+,31-16+,35-24+/t30-,32-,33+,34-,36-,37?,38+,39+,40+,41-,43+,44+,46-,47+,51-/m1/s1. The summed E-state index contributed by atoms with van der Waals surface area (Å²) in [7, 11) is 2.94. The quantitative estimate of drug-likeness (QED) is 0.142. The van der Waals surface area contributed by atoms with Gasteiger partial charge in [-0.25, -0.2) is 4.79 Å². The molecule has 3 aliphatic heterocycles. The molecule has 4 rings (SSSR count). The molecule has 0 aromatic rings. The number of aliphatic hydroxyl groups is 4. The van der Waals surface area contributed by atoms with Crippen LogP contribution >= 0.6 is 0 Å². The summed E-state index contributed by atoms with van der Waals surface area (Å²) in [6, 6.07) is -1.15. The van der Waals surface area contributed by atoms with Crippen LogP contribution < -0.4 is 0 Å². The van der Waals surface area contributed by atoms with Gasteiger partial charge in [-0.05, 0) is 107 Å². The van der Waals surface area contributed by atoms with E-state index in [1.54, 1.807) is 34.0 Å². The third kappa shape index (κ3) is 14.3. The second-order valence-corrected chi connectivity index (χ2v) is 19.8. The lowest BCUT2D eigenvalue weighted by Crippen LogP contribution is -2.61. The van der Waals surface area contributed by atoms with Crippen molar-refractivity contribution in [3.05, 3.63) is 47.6 Å². The summed E-state index contributed by atoms with van der Waals surface area (Å²) in [5.41, 5.74) is 1.25. The van der Waals surface area contributed by atoms with Crippen LogP contribution in [0.2, 0.25) is 0 Å².